The average Bonchev–Trinajstić information content (AvgIpc) is 2.78. The molecule has 0 radical (unpaired) electrons. The molecule has 1 N–H and O–H groups in total. The van der Waals surface area contributed by atoms with Crippen LogP contribution in [0.25, 0.3) is 11.5 Å². The average molecular weight is 219 g/mol. The number of hydrogen-bond donors (Lipinski definition) is 1. The Morgan fingerprint density at radius 3 is 2.50 bits per heavy atom. The van der Waals surface area contributed by atoms with Crippen LogP contribution in [0.1, 0.15) is 18.7 Å². The maximum atomic E-state index is 9.32. The van der Waals surface area contributed by atoms with Crippen LogP contribution in [0.2, 0.25) is 0 Å². The van der Waals surface area contributed by atoms with Gasteiger partial charge < -0.3 is 14.3 Å². The number of aromatic nitrogens is 1. The molecule has 1 aromatic carbocycles. The second-order valence-corrected chi connectivity index (χ2v) is 3.48. The van der Waals surface area contributed by atoms with Crippen molar-refractivity contribution < 1.29 is 14.3 Å². The summed E-state index contributed by atoms with van der Waals surface area (Å²) < 4.78 is 10.3. The Bertz CT molecular complexity index is 459. The van der Waals surface area contributed by atoms with Crippen molar-refractivity contribution >= 4 is 0 Å². The van der Waals surface area contributed by atoms with E-state index in [1.807, 2.05) is 24.3 Å². The minimum atomic E-state index is -0.615. The zero-order valence-corrected chi connectivity index (χ0v) is 9.18. The summed E-state index contributed by atoms with van der Waals surface area (Å²) in [5.41, 5.74) is 1.39. The fourth-order valence-electron chi connectivity index (χ4n) is 1.34. The molecular formula is C12H13NO3. The van der Waals surface area contributed by atoms with E-state index in [1.54, 1.807) is 14.0 Å². The van der Waals surface area contributed by atoms with Crippen molar-refractivity contribution in [2.45, 2.75) is 13.0 Å². The van der Waals surface area contributed by atoms with Crippen LogP contribution < -0.4 is 4.74 Å². The summed E-state index contributed by atoms with van der Waals surface area (Å²) in [4.78, 5) is 4.18. The third-order valence-corrected chi connectivity index (χ3v) is 2.29. The Morgan fingerprint density at radius 1 is 1.31 bits per heavy atom. The van der Waals surface area contributed by atoms with Gasteiger partial charge in [-0.25, -0.2) is 4.98 Å². The number of benzene rings is 1. The minimum Gasteiger partial charge on any atom is -0.497 e. The number of rotatable bonds is 3. The van der Waals surface area contributed by atoms with Crippen molar-refractivity contribution in [3.05, 3.63) is 36.2 Å². The summed E-state index contributed by atoms with van der Waals surface area (Å²) in [6.07, 6.45) is 0.847. The van der Waals surface area contributed by atoms with Crippen molar-refractivity contribution in [1.82, 2.24) is 4.98 Å². The molecule has 0 aliphatic rings. The fraction of sp³-hybridized carbons (Fsp3) is 0.250. The van der Waals surface area contributed by atoms with Gasteiger partial charge in [0.2, 0.25) is 5.89 Å². The predicted molar refractivity (Wildman–Crippen MR) is 59.1 cm³/mol. The predicted octanol–water partition coefficient (Wildman–Crippen LogP) is 2.40. The first-order valence-corrected chi connectivity index (χ1v) is 4.98. The number of hydrogen-bond acceptors (Lipinski definition) is 4. The summed E-state index contributed by atoms with van der Waals surface area (Å²) >= 11 is 0. The third kappa shape index (κ3) is 2.06. The molecule has 0 spiro atoms. The van der Waals surface area contributed by atoms with Crippen LogP contribution in [0.3, 0.4) is 0 Å². The first kappa shape index (κ1) is 10.7. The summed E-state index contributed by atoms with van der Waals surface area (Å²) in [5.74, 6) is 1.28. The van der Waals surface area contributed by atoms with Gasteiger partial charge in [0, 0.05) is 5.56 Å². The highest BCUT2D eigenvalue weighted by Gasteiger charge is 2.09. The molecule has 1 aromatic heterocycles. The summed E-state index contributed by atoms with van der Waals surface area (Å²) in [7, 11) is 1.62. The second-order valence-electron chi connectivity index (χ2n) is 3.48. The van der Waals surface area contributed by atoms with Crippen LogP contribution in [0.5, 0.6) is 5.75 Å². The van der Waals surface area contributed by atoms with Gasteiger partial charge in [0.25, 0.3) is 0 Å². The van der Waals surface area contributed by atoms with Gasteiger partial charge in [-0.15, -0.1) is 0 Å². The van der Waals surface area contributed by atoms with Crippen LogP contribution in [0.4, 0.5) is 0 Å². The minimum absolute atomic E-state index is 0.499. The molecule has 16 heavy (non-hydrogen) atoms. The van der Waals surface area contributed by atoms with Crippen molar-refractivity contribution in [2.24, 2.45) is 0 Å². The van der Waals surface area contributed by atoms with E-state index in [4.69, 9.17) is 9.15 Å². The lowest BCUT2D eigenvalue weighted by atomic mass is 10.2. The van der Waals surface area contributed by atoms with Crippen LogP contribution >= 0.6 is 0 Å². The Balaban J connectivity index is 2.28. The van der Waals surface area contributed by atoms with Crippen molar-refractivity contribution in [3.63, 3.8) is 0 Å². The second kappa shape index (κ2) is 4.37. The lowest BCUT2D eigenvalue weighted by Crippen LogP contribution is -1.90. The molecule has 4 heteroatoms. The quantitative estimate of drug-likeness (QED) is 0.861. The molecule has 0 fully saturated rings. The molecule has 2 aromatic rings. The number of ether oxygens (including phenoxy) is 1. The molecule has 1 unspecified atom stereocenters. The zero-order chi connectivity index (χ0) is 11.5. The van der Waals surface area contributed by atoms with E-state index in [0.29, 0.717) is 11.6 Å². The third-order valence-electron chi connectivity index (χ3n) is 2.29. The van der Waals surface area contributed by atoms with Gasteiger partial charge >= 0.3 is 0 Å². The van der Waals surface area contributed by atoms with Gasteiger partial charge in [0.05, 0.1) is 13.2 Å². The van der Waals surface area contributed by atoms with Crippen molar-refractivity contribution in [2.75, 3.05) is 7.11 Å². The summed E-state index contributed by atoms with van der Waals surface area (Å²) in [5, 5.41) is 9.32. The van der Waals surface area contributed by atoms with Gasteiger partial charge in [0.15, 0.2) is 0 Å². The lowest BCUT2D eigenvalue weighted by Gasteiger charge is -1.99. The Morgan fingerprint density at radius 2 is 2.00 bits per heavy atom. The topological polar surface area (TPSA) is 55.5 Å². The van der Waals surface area contributed by atoms with Crippen molar-refractivity contribution in [1.29, 1.82) is 0 Å². The highest BCUT2D eigenvalue weighted by molar-refractivity contribution is 5.54. The molecule has 0 amide bonds. The Hall–Kier alpha value is -1.81. The zero-order valence-electron chi connectivity index (χ0n) is 9.18. The molecule has 2 rings (SSSR count). The van der Waals surface area contributed by atoms with Crippen LogP contribution in [0, 0.1) is 0 Å². The van der Waals surface area contributed by atoms with E-state index in [9.17, 15) is 5.11 Å². The van der Waals surface area contributed by atoms with Crippen LogP contribution in [0.15, 0.2) is 34.9 Å². The number of nitrogens with zero attached hydrogens (tertiary/aromatic N) is 1. The van der Waals surface area contributed by atoms with E-state index in [0.717, 1.165) is 11.3 Å². The first-order valence-electron chi connectivity index (χ1n) is 4.98. The van der Waals surface area contributed by atoms with Gasteiger partial charge in [-0.2, -0.15) is 0 Å². The largest absolute Gasteiger partial charge is 0.497 e. The van der Waals surface area contributed by atoms with E-state index >= 15 is 0 Å². The van der Waals surface area contributed by atoms with Gasteiger partial charge in [0.1, 0.15) is 17.7 Å². The molecule has 0 bridgehead atoms. The van der Waals surface area contributed by atoms with E-state index < -0.39 is 6.10 Å². The summed E-state index contributed by atoms with van der Waals surface area (Å²) in [6.45, 7) is 1.65. The van der Waals surface area contributed by atoms with Gasteiger partial charge in [-0.05, 0) is 31.2 Å². The molecule has 0 aliphatic heterocycles. The number of aliphatic hydroxyl groups is 1. The molecule has 0 aliphatic carbocycles. The fourth-order valence-corrected chi connectivity index (χ4v) is 1.34. The molecule has 1 heterocycles. The molecule has 1 atom stereocenters. The smallest absolute Gasteiger partial charge is 0.226 e. The van der Waals surface area contributed by atoms with E-state index in [-0.39, 0.29) is 0 Å². The lowest BCUT2D eigenvalue weighted by molar-refractivity contribution is 0.194. The van der Waals surface area contributed by atoms with E-state index in [1.165, 1.54) is 6.26 Å². The van der Waals surface area contributed by atoms with Crippen LogP contribution in [-0.4, -0.2) is 17.2 Å². The first-order chi connectivity index (χ1) is 7.70. The number of methoxy groups -OCH3 is 1. The monoisotopic (exact) mass is 219 g/mol. The molecule has 0 saturated heterocycles. The maximum absolute atomic E-state index is 9.32. The number of oxazole rings is 1. The van der Waals surface area contributed by atoms with Gasteiger partial charge in [-0.1, -0.05) is 0 Å². The maximum Gasteiger partial charge on any atom is 0.226 e. The van der Waals surface area contributed by atoms with E-state index in [2.05, 4.69) is 4.98 Å². The molecule has 84 valence electrons. The van der Waals surface area contributed by atoms with Crippen LogP contribution in [-0.2, 0) is 0 Å². The normalized spacial score (nSPS) is 12.4. The van der Waals surface area contributed by atoms with Crippen molar-refractivity contribution in [3.8, 4) is 17.2 Å². The molecule has 4 nitrogen and oxygen atoms in total. The Labute approximate surface area is 93.5 Å². The van der Waals surface area contributed by atoms with Gasteiger partial charge in [-0.3, -0.25) is 0 Å². The molecular weight excluding hydrogens is 206 g/mol. The SMILES string of the molecule is COc1ccc(-c2nc(C(C)O)co2)cc1. The molecule has 0 saturated carbocycles. The summed E-state index contributed by atoms with van der Waals surface area (Å²) in [6, 6.07) is 7.39. The number of aliphatic hydroxyl groups excluding tert-OH is 1. The standard InChI is InChI=1S/C12H13NO3/c1-8(14)11-7-16-12(13-11)9-3-5-10(15-2)6-4-9/h3-8,14H,1-2H3. The highest BCUT2D eigenvalue weighted by atomic mass is 16.5. The Kier molecular flexibility index (Phi) is 2.92. The highest BCUT2D eigenvalue weighted by Crippen LogP contribution is 2.23.